The Morgan fingerprint density at radius 3 is 2.33 bits per heavy atom. The molecule has 0 atom stereocenters. The van der Waals surface area contributed by atoms with Crippen molar-refractivity contribution in [2.75, 3.05) is 20.3 Å². The molecule has 0 aromatic heterocycles. The Hall–Kier alpha value is -1.90. The lowest BCUT2D eigenvalue weighted by molar-refractivity contribution is 0.310. The number of fused-ring (bicyclic) bond motifs is 1. The van der Waals surface area contributed by atoms with Gasteiger partial charge in [-0.1, -0.05) is 18.2 Å². The van der Waals surface area contributed by atoms with Gasteiger partial charge in [-0.3, -0.25) is 0 Å². The summed E-state index contributed by atoms with van der Waals surface area (Å²) in [5, 5.41) is 2.06. The summed E-state index contributed by atoms with van der Waals surface area (Å²) < 4.78 is 16.8. The van der Waals surface area contributed by atoms with Crippen LogP contribution in [-0.2, 0) is 0 Å². The van der Waals surface area contributed by atoms with E-state index >= 15 is 0 Å². The lowest BCUT2D eigenvalue weighted by Gasteiger charge is -2.15. The van der Waals surface area contributed by atoms with Crippen LogP contribution in [0.25, 0.3) is 10.8 Å². The van der Waals surface area contributed by atoms with Gasteiger partial charge in [-0.15, -0.1) is 0 Å². The molecule has 0 aliphatic carbocycles. The lowest BCUT2D eigenvalue weighted by atomic mass is 10.1. The summed E-state index contributed by atoms with van der Waals surface area (Å²) in [4.78, 5) is 0. The van der Waals surface area contributed by atoms with Gasteiger partial charge in [-0.25, -0.2) is 0 Å². The van der Waals surface area contributed by atoms with E-state index < -0.39 is 0 Å². The predicted octanol–water partition coefficient (Wildman–Crippen LogP) is 3.65. The largest absolute Gasteiger partial charge is 0.493 e. The second-order valence-corrected chi connectivity index (χ2v) is 3.82. The van der Waals surface area contributed by atoms with E-state index in [0.29, 0.717) is 13.2 Å². The van der Waals surface area contributed by atoms with Crippen molar-refractivity contribution in [3.63, 3.8) is 0 Å². The molecule has 0 N–H and O–H groups in total. The van der Waals surface area contributed by atoms with Crippen LogP contribution in [0.5, 0.6) is 17.2 Å². The molecule has 3 heteroatoms. The maximum atomic E-state index is 5.72. The van der Waals surface area contributed by atoms with Crippen LogP contribution in [0, 0.1) is 0 Å². The molecule has 2 aromatic carbocycles. The van der Waals surface area contributed by atoms with Gasteiger partial charge in [0.15, 0.2) is 11.5 Å². The Morgan fingerprint density at radius 1 is 0.889 bits per heavy atom. The van der Waals surface area contributed by atoms with Gasteiger partial charge in [0, 0.05) is 0 Å². The third-order valence-corrected chi connectivity index (χ3v) is 2.73. The van der Waals surface area contributed by atoms with Gasteiger partial charge in [0.05, 0.1) is 25.7 Å². The highest BCUT2D eigenvalue weighted by Gasteiger charge is 2.13. The van der Waals surface area contributed by atoms with Crippen molar-refractivity contribution < 1.29 is 14.2 Å². The number of hydrogen-bond acceptors (Lipinski definition) is 3. The van der Waals surface area contributed by atoms with Gasteiger partial charge in [0.2, 0.25) is 0 Å². The van der Waals surface area contributed by atoms with Crippen LogP contribution in [0.15, 0.2) is 30.3 Å². The number of ether oxygens (including phenoxy) is 3. The third kappa shape index (κ3) is 2.21. The molecule has 3 nitrogen and oxygen atoms in total. The fraction of sp³-hybridized carbons (Fsp3) is 0.333. The molecule has 0 saturated heterocycles. The van der Waals surface area contributed by atoms with Crippen molar-refractivity contribution in [3.05, 3.63) is 30.3 Å². The first-order valence-electron chi connectivity index (χ1n) is 6.17. The van der Waals surface area contributed by atoms with Crippen LogP contribution >= 0.6 is 0 Å². The normalized spacial score (nSPS) is 10.4. The van der Waals surface area contributed by atoms with E-state index in [-0.39, 0.29) is 0 Å². The van der Waals surface area contributed by atoms with Crippen LogP contribution in [0.4, 0.5) is 0 Å². The first-order chi connectivity index (χ1) is 8.81. The summed E-state index contributed by atoms with van der Waals surface area (Å²) in [7, 11) is 1.65. The Kier molecular flexibility index (Phi) is 3.92. The molecule has 2 rings (SSSR count). The quantitative estimate of drug-likeness (QED) is 0.806. The van der Waals surface area contributed by atoms with Crippen molar-refractivity contribution >= 4 is 10.8 Å². The van der Waals surface area contributed by atoms with Gasteiger partial charge in [-0.05, 0) is 31.4 Å². The summed E-state index contributed by atoms with van der Waals surface area (Å²) in [6.45, 7) is 5.15. The Morgan fingerprint density at radius 2 is 1.67 bits per heavy atom. The van der Waals surface area contributed by atoms with Crippen molar-refractivity contribution in [1.29, 1.82) is 0 Å². The van der Waals surface area contributed by atoms with E-state index in [1.165, 1.54) is 0 Å². The van der Waals surface area contributed by atoms with Crippen molar-refractivity contribution in [2.24, 2.45) is 0 Å². The molecule has 0 spiro atoms. The summed E-state index contributed by atoms with van der Waals surface area (Å²) in [5.41, 5.74) is 0. The average Bonchev–Trinajstić information content (AvgIpc) is 2.40. The fourth-order valence-electron chi connectivity index (χ4n) is 2.02. The highest BCUT2D eigenvalue weighted by molar-refractivity contribution is 5.95. The average molecular weight is 246 g/mol. The highest BCUT2D eigenvalue weighted by atomic mass is 16.5. The molecule has 0 bridgehead atoms. The summed E-state index contributed by atoms with van der Waals surface area (Å²) in [6, 6.07) is 9.91. The summed E-state index contributed by atoms with van der Waals surface area (Å²) in [6.07, 6.45) is 0. The minimum Gasteiger partial charge on any atom is -0.493 e. The highest BCUT2D eigenvalue weighted by Crippen LogP contribution is 2.40. The first-order valence-corrected chi connectivity index (χ1v) is 6.17. The molecule has 0 amide bonds. The molecule has 0 saturated carbocycles. The van der Waals surface area contributed by atoms with Crippen LogP contribution in [0.2, 0.25) is 0 Å². The van der Waals surface area contributed by atoms with E-state index in [2.05, 4.69) is 0 Å². The smallest absolute Gasteiger partial charge is 0.172 e. The molecule has 2 aromatic rings. The number of methoxy groups -OCH3 is 1. The van der Waals surface area contributed by atoms with Crippen LogP contribution in [-0.4, -0.2) is 20.3 Å². The number of hydrogen-bond donors (Lipinski definition) is 0. The van der Waals surface area contributed by atoms with E-state index in [1.54, 1.807) is 7.11 Å². The molecule has 0 unspecified atom stereocenters. The molecular weight excluding hydrogens is 228 g/mol. The second kappa shape index (κ2) is 5.63. The maximum absolute atomic E-state index is 5.72. The summed E-state index contributed by atoms with van der Waals surface area (Å²) >= 11 is 0. The van der Waals surface area contributed by atoms with Gasteiger partial charge in [0.1, 0.15) is 5.75 Å². The monoisotopic (exact) mass is 246 g/mol. The molecule has 18 heavy (non-hydrogen) atoms. The minimum atomic E-state index is 0.593. The summed E-state index contributed by atoms with van der Waals surface area (Å²) in [5.74, 6) is 2.32. The van der Waals surface area contributed by atoms with E-state index in [9.17, 15) is 0 Å². The zero-order chi connectivity index (χ0) is 13.0. The third-order valence-electron chi connectivity index (χ3n) is 2.73. The fourth-order valence-corrected chi connectivity index (χ4v) is 2.02. The zero-order valence-electron chi connectivity index (χ0n) is 11.0. The van der Waals surface area contributed by atoms with Crippen LogP contribution in [0.1, 0.15) is 13.8 Å². The lowest BCUT2D eigenvalue weighted by Crippen LogP contribution is -1.99. The molecule has 0 aliphatic rings. The Bertz CT molecular complexity index is 534. The molecule has 0 aliphatic heterocycles. The van der Waals surface area contributed by atoms with E-state index in [1.807, 2.05) is 44.2 Å². The first kappa shape index (κ1) is 12.6. The Balaban J connectivity index is 2.70. The van der Waals surface area contributed by atoms with Crippen LogP contribution < -0.4 is 14.2 Å². The topological polar surface area (TPSA) is 27.7 Å². The zero-order valence-corrected chi connectivity index (χ0v) is 11.0. The van der Waals surface area contributed by atoms with Gasteiger partial charge in [-0.2, -0.15) is 0 Å². The SMILES string of the molecule is CCOc1cccc2ccc(OC)c(OCC)c12. The molecule has 0 fully saturated rings. The van der Waals surface area contributed by atoms with Crippen molar-refractivity contribution in [2.45, 2.75) is 13.8 Å². The van der Waals surface area contributed by atoms with Crippen LogP contribution in [0.3, 0.4) is 0 Å². The Labute approximate surface area is 107 Å². The molecule has 96 valence electrons. The van der Waals surface area contributed by atoms with Gasteiger partial charge >= 0.3 is 0 Å². The van der Waals surface area contributed by atoms with Crippen molar-refractivity contribution in [3.8, 4) is 17.2 Å². The standard InChI is InChI=1S/C15H18O3/c1-4-17-12-8-6-7-11-9-10-13(16-3)15(14(11)12)18-5-2/h6-10H,4-5H2,1-3H3. The number of rotatable bonds is 5. The molecule has 0 heterocycles. The van der Waals surface area contributed by atoms with Gasteiger partial charge in [0.25, 0.3) is 0 Å². The number of benzene rings is 2. The van der Waals surface area contributed by atoms with Gasteiger partial charge < -0.3 is 14.2 Å². The van der Waals surface area contributed by atoms with E-state index in [0.717, 1.165) is 28.0 Å². The second-order valence-electron chi connectivity index (χ2n) is 3.82. The van der Waals surface area contributed by atoms with E-state index in [4.69, 9.17) is 14.2 Å². The van der Waals surface area contributed by atoms with Crippen molar-refractivity contribution in [1.82, 2.24) is 0 Å². The maximum Gasteiger partial charge on any atom is 0.172 e. The molecular formula is C15H18O3. The predicted molar refractivity (Wildman–Crippen MR) is 72.8 cm³/mol. The minimum absolute atomic E-state index is 0.593. The molecule has 0 radical (unpaired) electrons.